The monoisotopic (exact) mass is 498 g/mol. The first-order chi connectivity index (χ1) is 12.7. The van der Waals surface area contributed by atoms with Crippen molar-refractivity contribution in [2.45, 2.75) is 20.0 Å². The third-order valence-electron chi connectivity index (χ3n) is 3.72. The van der Waals surface area contributed by atoms with Gasteiger partial charge >= 0.3 is 0 Å². The van der Waals surface area contributed by atoms with E-state index in [0.717, 1.165) is 28.1 Å². The largest absolute Gasteiger partial charge is 0.497 e. The maximum Gasteiger partial charge on any atom is 0.191 e. The second-order valence-electron chi connectivity index (χ2n) is 5.59. The third kappa shape index (κ3) is 5.93. The zero-order valence-electron chi connectivity index (χ0n) is 15.5. The molecule has 0 aliphatic rings. The molecule has 0 unspecified atom stereocenters. The van der Waals surface area contributed by atoms with Crippen LogP contribution in [0.5, 0.6) is 5.75 Å². The number of nitrogens with one attached hydrogen (secondary N) is 2. The van der Waals surface area contributed by atoms with Crippen molar-refractivity contribution in [3.63, 3.8) is 0 Å². The van der Waals surface area contributed by atoms with Crippen LogP contribution in [0.1, 0.15) is 15.6 Å². The van der Waals surface area contributed by atoms with E-state index in [1.807, 2.05) is 54.3 Å². The number of hydrogen-bond acceptors (Lipinski definition) is 5. The molecule has 3 aromatic rings. The molecule has 0 spiro atoms. The summed E-state index contributed by atoms with van der Waals surface area (Å²) in [5.41, 5.74) is 1.91. The predicted octanol–water partition coefficient (Wildman–Crippen LogP) is 3.13. The topological polar surface area (TPSA) is 76.4 Å². The Bertz CT molecular complexity index is 874. The number of hydrogen-bond donors (Lipinski definition) is 2. The van der Waals surface area contributed by atoms with Crippen molar-refractivity contribution in [2.24, 2.45) is 4.99 Å². The van der Waals surface area contributed by atoms with Gasteiger partial charge in [-0.1, -0.05) is 0 Å². The number of aromatic nitrogens is 3. The highest BCUT2D eigenvalue weighted by atomic mass is 127. The summed E-state index contributed by atoms with van der Waals surface area (Å²) >= 11 is 1.68. The molecule has 0 radical (unpaired) electrons. The zero-order valence-corrected chi connectivity index (χ0v) is 18.6. The molecule has 2 N–H and O–H groups in total. The average Bonchev–Trinajstić information content (AvgIpc) is 3.31. The first kappa shape index (κ1) is 21.2. The number of aliphatic imine (C=N–C) groups is 1. The molecule has 9 heteroatoms. The van der Waals surface area contributed by atoms with Crippen molar-refractivity contribution in [1.82, 2.24) is 25.4 Å². The lowest BCUT2D eigenvalue weighted by Gasteiger charge is -2.09. The Kier molecular flexibility index (Phi) is 8.04. The van der Waals surface area contributed by atoms with Gasteiger partial charge in [-0.2, -0.15) is 5.10 Å². The molecule has 0 fully saturated rings. The maximum atomic E-state index is 5.18. The average molecular weight is 498 g/mol. The summed E-state index contributed by atoms with van der Waals surface area (Å²) in [5.74, 6) is 1.55. The third-order valence-corrected chi connectivity index (χ3v) is 4.63. The van der Waals surface area contributed by atoms with E-state index in [9.17, 15) is 0 Å². The van der Waals surface area contributed by atoms with E-state index >= 15 is 0 Å². The predicted molar refractivity (Wildman–Crippen MR) is 119 cm³/mol. The standard InChI is InChI=1S/C18H22N6OS.HI/c1-13-10-20-17(26-13)12-22-18(19-2)21-11-14-8-9-24(23-14)15-4-6-16(25-3)7-5-15;/h4-10H,11-12H2,1-3H3,(H2,19,21,22);1H. The Morgan fingerprint density at radius 2 is 1.93 bits per heavy atom. The van der Waals surface area contributed by atoms with Crippen molar-refractivity contribution in [3.05, 3.63) is 58.3 Å². The van der Waals surface area contributed by atoms with Crippen LogP contribution in [0.2, 0.25) is 0 Å². The van der Waals surface area contributed by atoms with E-state index in [2.05, 4.69) is 25.7 Å². The van der Waals surface area contributed by atoms with Crippen molar-refractivity contribution in [1.29, 1.82) is 0 Å². The minimum Gasteiger partial charge on any atom is -0.497 e. The minimum absolute atomic E-state index is 0. The summed E-state index contributed by atoms with van der Waals surface area (Å²) < 4.78 is 7.02. The van der Waals surface area contributed by atoms with E-state index in [0.29, 0.717) is 13.1 Å². The molecule has 0 atom stereocenters. The van der Waals surface area contributed by atoms with Gasteiger partial charge in [-0.05, 0) is 37.3 Å². The van der Waals surface area contributed by atoms with Gasteiger partial charge in [-0.15, -0.1) is 35.3 Å². The molecule has 2 aromatic heterocycles. The van der Waals surface area contributed by atoms with Crippen LogP contribution in [0.25, 0.3) is 5.69 Å². The number of nitrogens with zero attached hydrogens (tertiary/aromatic N) is 4. The second kappa shape index (κ2) is 10.3. The summed E-state index contributed by atoms with van der Waals surface area (Å²) in [6, 6.07) is 9.76. The van der Waals surface area contributed by atoms with Gasteiger partial charge in [0, 0.05) is 24.3 Å². The van der Waals surface area contributed by atoms with Gasteiger partial charge in [0.2, 0.25) is 0 Å². The lowest BCUT2D eigenvalue weighted by atomic mass is 10.3. The number of rotatable bonds is 6. The van der Waals surface area contributed by atoms with E-state index in [4.69, 9.17) is 4.74 Å². The van der Waals surface area contributed by atoms with Crippen LogP contribution in [-0.2, 0) is 13.1 Å². The van der Waals surface area contributed by atoms with Gasteiger partial charge in [0.15, 0.2) is 5.96 Å². The van der Waals surface area contributed by atoms with Crippen molar-refractivity contribution < 1.29 is 4.74 Å². The Morgan fingerprint density at radius 1 is 1.19 bits per heavy atom. The quantitative estimate of drug-likeness (QED) is 0.310. The number of aryl methyl sites for hydroxylation is 1. The van der Waals surface area contributed by atoms with Crippen LogP contribution in [0.3, 0.4) is 0 Å². The molecule has 3 rings (SSSR count). The fraction of sp³-hybridized carbons (Fsp3) is 0.278. The molecule has 7 nitrogen and oxygen atoms in total. The molecular weight excluding hydrogens is 475 g/mol. The number of benzene rings is 1. The highest BCUT2D eigenvalue weighted by Crippen LogP contribution is 2.14. The number of thiazole rings is 1. The van der Waals surface area contributed by atoms with E-state index in [1.165, 1.54) is 4.88 Å². The van der Waals surface area contributed by atoms with E-state index in [-0.39, 0.29) is 24.0 Å². The van der Waals surface area contributed by atoms with Crippen LogP contribution in [-0.4, -0.2) is 34.9 Å². The lowest BCUT2D eigenvalue weighted by molar-refractivity contribution is 0.414. The molecule has 0 saturated heterocycles. The van der Waals surface area contributed by atoms with Gasteiger partial charge in [-0.3, -0.25) is 4.99 Å². The van der Waals surface area contributed by atoms with Gasteiger partial charge in [-0.25, -0.2) is 9.67 Å². The Morgan fingerprint density at radius 3 is 2.56 bits per heavy atom. The molecule has 1 aromatic carbocycles. The van der Waals surface area contributed by atoms with Crippen molar-refractivity contribution in [2.75, 3.05) is 14.2 Å². The van der Waals surface area contributed by atoms with Crippen LogP contribution in [0.15, 0.2) is 47.7 Å². The summed E-state index contributed by atoms with van der Waals surface area (Å²) in [7, 11) is 3.40. The summed E-state index contributed by atoms with van der Waals surface area (Å²) in [4.78, 5) is 9.77. The molecule has 0 aliphatic heterocycles. The van der Waals surface area contributed by atoms with Crippen molar-refractivity contribution in [3.8, 4) is 11.4 Å². The Hall–Kier alpha value is -2.14. The van der Waals surface area contributed by atoms with Crippen LogP contribution < -0.4 is 15.4 Å². The SMILES string of the molecule is CN=C(NCc1ccn(-c2ccc(OC)cc2)n1)NCc1ncc(C)s1.I. The molecule has 0 amide bonds. The molecule has 2 heterocycles. The van der Waals surface area contributed by atoms with Crippen LogP contribution in [0, 0.1) is 6.92 Å². The van der Waals surface area contributed by atoms with Crippen LogP contribution in [0.4, 0.5) is 0 Å². The summed E-state index contributed by atoms with van der Waals surface area (Å²) in [6.45, 7) is 3.28. The van der Waals surface area contributed by atoms with Crippen molar-refractivity contribution >= 4 is 41.3 Å². The fourth-order valence-corrected chi connectivity index (χ4v) is 3.10. The Balaban J connectivity index is 0.00000261. The summed E-state index contributed by atoms with van der Waals surface area (Å²) in [5, 5.41) is 12.1. The van der Waals surface area contributed by atoms with Gasteiger partial charge in [0.1, 0.15) is 10.8 Å². The minimum atomic E-state index is 0. The van der Waals surface area contributed by atoms with E-state index in [1.54, 1.807) is 25.5 Å². The lowest BCUT2D eigenvalue weighted by Crippen LogP contribution is -2.36. The smallest absolute Gasteiger partial charge is 0.191 e. The molecular formula is C18H23IN6OS. The van der Waals surface area contributed by atoms with Crippen LogP contribution >= 0.6 is 35.3 Å². The van der Waals surface area contributed by atoms with Gasteiger partial charge in [0.05, 0.1) is 31.6 Å². The van der Waals surface area contributed by atoms with E-state index < -0.39 is 0 Å². The van der Waals surface area contributed by atoms with Gasteiger partial charge in [0.25, 0.3) is 0 Å². The molecule has 0 saturated carbocycles. The highest BCUT2D eigenvalue weighted by molar-refractivity contribution is 14.0. The molecule has 27 heavy (non-hydrogen) atoms. The summed E-state index contributed by atoms with van der Waals surface area (Å²) in [6.07, 6.45) is 3.82. The number of halogens is 1. The Labute approximate surface area is 179 Å². The zero-order chi connectivity index (χ0) is 18.4. The number of guanidine groups is 1. The van der Waals surface area contributed by atoms with Gasteiger partial charge < -0.3 is 15.4 Å². The fourth-order valence-electron chi connectivity index (χ4n) is 2.37. The normalized spacial score (nSPS) is 11.0. The molecule has 0 aliphatic carbocycles. The first-order valence-corrected chi connectivity index (χ1v) is 9.04. The number of ether oxygens (including phenoxy) is 1. The molecule has 0 bridgehead atoms. The highest BCUT2D eigenvalue weighted by Gasteiger charge is 2.05. The second-order valence-corrected chi connectivity index (χ2v) is 6.91. The maximum absolute atomic E-state index is 5.18. The molecule has 144 valence electrons. The first-order valence-electron chi connectivity index (χ1n) is 8.22. The number of methoxy groups -OCH3 is 1.